The Morgan fingerprint density at radius 2 is 1.54 bits per heavy atom. The van der Waals surface area contributed by atoms with Gasteiger partial charge in [-0.3, -0.25) is 14.9 Å². The largest absolute Gasteiger partial charge is 0.451 e. The van der Waals surface area contributed by atoms with E-state index in [0.29, 0.717) is 5.56 Å². The van der Waals surface area contributed by atoms with Crippen LogP contribution in [0.1, 0.15) is 57.5 Å². The van der Waals surface area contributed by atoms with Gasteiger partial charge in [0.05, 0.1) is 0 Å². The lowest BCUT2D eigenvalue weighted by Gasteiger charge is -2.23. The second-order valence-corrected chi connectivity index (χ2v) is 7.96. The molecule has 2 atom stereocenters. The van der Waals surface area contributed by atoms with E-state index in [1.807, 2.05) is 17.4 Å². The Morgan fingerprint density at radius 1 is 1.00 bits per heavy atom. The van der Waals surface area contributed by atoms with Crippen LogP contribution in [-0.4, -0.2) is 36.0 Å². The maximum absolute atomic E-state index is 12.5. The number of ether oxygens (including phenoxy) is 1. The fourth-order valence-electron chi connectivity index (χ4n) is 2.37. The van der Waals surface area contributed by atoms with E-state index in [4.69, 9.17) is 10.5 Å². The average molecular weight is 391 g/mol. The van der Waals surface area contributed by atoms with Crippen molar-refractivity contribution in [1.29, 1.82) is 0 Å². The van der Waals surface area contributed by atoms with E-state index in [9.17, 15) is 19.2 Å². The molecular weight excluding hydrogens is 362 g/mol. The lowest BCUT2D eigenvalue weighted by atomic mass is 9.86. The summed E-state index contributed by atoms with van der Waals surface area (Å²) in [6, 6.07) is 5.13. The molecule has 0 aliphatic carbocycles. The van der Waals surface area contributed by atoms with Crippen molar-refractivity contribution in [2.75, 3.05) is 0 Å². The molecule has 0 aliphatic heterocycles. The molecule has 0 radical (unpaired) electrons. The summed E-state index contributed by atoms with van der Waals surface area (Å²) >= 11 is 0. The topological polar surface area (TPSA) is 128 Å². The van der Waals surface area contributed by atoms with Crippen LogP contribution in [0, 0.1) is 5.92 Å². The van der Waals surface area contributed by atoms with E-state index in [0.717, 1.165) is 5.56 Å². The number of amides is 4. The van der Waals surface area contributed by atoms with Gasteiger partial charge in [-0.2, -0.15) is 0 Å². The first kappa shape index (κ1) is 23.1. The normalized spacial score (nSPS) is 13.4. The van der Waals surface area contributed by atoms with Crippen molar-refractivity contribution in [3.8, 4) is 0 Å². The molecule has 1 aromatic rings. The van der Waals surface area contributed by atoms with E-state index in [2.05, 4.69) is 26.1 Å². The van der Waals surface area contributed by atoms with Gasteiger partial charge in [0, 0.05) is 5.56 Å². The minimum Gasteiger partial charge on any atom is -0.451 e. The quantitative estimate of drug-likeness (QED) is 0.638. The molecule has 8 heteroatoms. The fourth-order valence-corrected chi connectivity index (χ4v) is 2.37. The van der Waals surface area contributed by atoms with Gasteiger partial charge in [0.15, 0.2) is 6.10 Å². The van der Waals surface area contributed by atoms with Gasteiger partial charge >= 0.3 is 12.0 Å². The summed E-state index contributed by atoms with van der Waals surface area (Å²) in [5, 5.41) is 4.47. The first-order valence-electron chi connectivity index (χ1n) is 9.05. The van der Waals surface area contributed by atoms with E-state index < -0.39 is 36.0 Å². The number of primary amides is 1. The Balaban J connectivity index is 2.83. The van der Waals surface area contributed by atoms with Crippen LogP contribution in [0.3, 0.4) is 0 Å². The average Bonchev–Trinajstić information content (AvgIpc) is 2.57. The number of carbonyl (C=O) groups excluding carboxylic acids is 4. The van der Waals surface area contributed by atoms with Crippen molar-refractivity contribution < 1.29 is 23.9 Å². The Bertz CT molecular complexity index is 735. The molecule has 0 aliphatic rings. The minimum atomic E-state index is -1.23. The van der Waals surface area contributed by atoms with Crippen LogP contribution in [0.4, 0.5) is 4.79 Å². The fraction of sp³-hybridized carbons (Fsp3) is 0.500. The molecule has 0 aromatic heterocycles. The molecule has 1 aromatic carbocycles. The number of carbonyl (C=O) groups is 4. The molecule has 0 saturated heterocycles. The predicted molar refractivity (Wildman–Crippen MR) is 105 cm³/mol. The van der Waals surface area contributed by atoms with Crippen LogP contribution in [0.2, 0.25) is 0 Å². The third-order valence-electron chi connectivity index (χ3n) is 4.13. The summed E-state index contributed by atoms with van der Waals surface area (Å²) in [6.45, 7) is 11.0. The molecular formula is C20H29N3O5. The van der Waals surface area contributed by atoms with E-state index in [1.165, 1.54) is 6.92 Å². The zero-order chi connectivity index (χ0) is 21.6. The van der Waals surface area contributed by atoms with Gasteiger partial charge in [0.25, 0.3) is 11.8 Å². The summed E-state index contributed by atoms with van der Waals surface area (Å²) < 4.78 is 5.06. The third-order valence-corrected chi connectivity index (χ3v) is 4.13. The van der Waals surface area contributed by atoms with Gasteiger partial charge in [0.1, 0.15) is 6.04 Å². The number of nitrogens with two attached hydrogens (primary N) is 1. The Hall–Kier alpha value is -2.90. The molecule has 1 rings (SSSR count). The smallest absolute Gasteiger partial charge is 0.329 e. The zero-order valence-electron chi connectivity index (χ0n) is 17.2. The first-order valence-corrected chi connectivity index (χ1v) is 9.05. The highest BCUT2D eigenvalue weighted by atomic mass is 16.5. The van der Waals surface area contributed by atoms with Gasteiger partial charge in [-0.15, -0.1) is 0 Å². The number of rotatable bonds is 6. The van der Waals surface area contributed by atoms with Gasteiger partial charge in [-0.1, -0.05) is 46.8 Å². The van der Waals surface area contributed by atoms with Crippen LogP contribution in [-0.2, 0) is 19.7 Å². The summed E-state index contributed by atoms with van der Waals surface area (Å²) in [6.07, 6.45) is -1.23. The van der Waals surface area contributed by atoms with Crippen molar-refractivity contribution in [1.82, 2.24) is 10.6 Å². The van der Waals surface area contributed by atoms with Crippen molar-refractivity contribution in [3.63, 3.8) is 0 Å². The maximum Gasteiger partial charge on any atom is 0.329 e. The molecule has 0 saturated carbocycles. The summed E-state index contributed by atoms with van der Waals surface area (Å²) in [7, 11) is 0. The Morgan fingerprint density at radius 3 is 1.96 bits per heavy atom. The second kappa shape index (κ2) is 9.34. The molecule has 4 N–H and O–H groups in total. The lowest BCUT2D eigenvalue weighted by Crippen LogP contribution is -2.48. The van der Waals surface area contributed by atoms with Crippen LogP contribution in [0.25, 0.3) is 0 Å². The van der Waals surface area contributed by atoms with Crippen LogP contribution < -0.4 is 16.4 Å². The van der Waals surface area contributed by atoms with Crippen LogP contribution in [0.15, 0.2) is 24.3 Å². The highest BCUT2D eigenvalue weighted by Crippen LogP contribution is 2.22. The van der Waals surface area contributed by atoms with Gasteiger partial charge in [-0.25, -0.2) is 9.59 Å². The van der Waals surface area contributed by atoms with Crippen LogP contribution in [0.5, 0.6) is 0 Å². The molecule has 0 spiro atoms. The second-order valence-electron chi connectivity index (χ2n) is 7.96. The number of urea groups is 1. The summed E-state index contributed by atoms with van der Waals surface area (Å²) in [4.78, 5) is 47.3. The Labute approximate surface area is 165 Å². The third kappa shape index (κ3) is 6.68. The van der Waals surface area contributed by atoms with Crippen molar-refractivity contribution in [3.05, 3.63) is 35.4 Å². The van der Waals surface area contributed by atoms with Gasteiger partial charge in [-0.05, 0) is 36.0 Å². The number of nitrogens with one attached hydrogen (secondary N) is 2. The van der Waals surface area contributed by atoms with E-state index in [1.54, 1.807) is 26.0 Å². The summed E-state index contributed by atoms with van der Waals surface area (Å²) in [5.74, 6) is -2.32. The highest BCUT2D eigenvalue weighted by molar-refractivity contribution is 5.98. The molecule has 0 fully saturated rings. The van der Waals surface area contributed by atoms with Crippen LogP contribution >= 0.6 is 0 Å². The molecule has 0 heterocycles. The molecule has 8 nitrogen and oxygen atoms in total. The minimum absolute atomic E-state index is 0.0408. The van der Waals surface area contributed by atoms with Crippen molar-refractivity contribution >= 4 is 23.8 Å². The summed E-state index contributed by atoms with van der Waals surface area (Å²) in [5.41, 5.74) is 6.32. The molecule has 4 amide bonds. The SMILES string of the molecule is CC(OC(=O)C(NC(=O)c1ccc(C(C)(C)C)cc1)C(C)C)C(=O)NC(N)=O. The number of esters is 1. The number of benzene rings is 1. The molecule has 154 valence electrons. The standard InChI is InChI=1S/C20H29N3O5/c1-11(2)15(18(26)28-12(3)16(24)23-19(21)27)22-17(25)13-7-9-14(10-8-13)20(4,5)6/h7-12,15H,1-6H3,(H,22,25)(H3,21,23,24,27). The number of hydrogen-bond donors (Lipinski definition) is 3. The number of imide groups is 1. The Kier molecular flexibility index (Phi) is 7.72. The van der Waals surface area contributed by atoms with Crippen molar-refractivity contribution in [2.24, 2.45) is 11.7 Å². The first-order chi connectivity index (χ1) is 12.8. The monoisotopic (exact) mass is 391 g/mol. The lowest BCUT2D eigenvalue weighted by molar-refractivity contribution is -0.157. The molecule has 0 bridgehead atoms. The maximum atomic E-state index is 12.5. The van der Waals surface area contributed by atoms with Gasteiger partial charge < -0.3 is 15.8 Å². The molecule has 28 heavy (non-hydrogen) atoms. The molecule has 2 unspecified atom stereocenters. The number of hydrogen-bond acceptors (Lipinski definition) is 5. The highest BCUT2D eigenvalue weighted by Gasteiger charge is 2.29. The van der Waals surface area contributed by atoms with Gasteiger partial charge in [0.2, 0.25) is 0 Å². The van der Waals surface area contributed by atoms with Crippen molar-refractivity contribution in [2.45, 2.75) is 59.1 Å². The van der Waals surface area contributed by atoms with E-state index >= 15 is 0 Å². The predicted octanol–water partition coefficient (Wildman–Crippen LogP) is 1.87. The zero-order valence-corrected chi connectivity index (χ0v) is 17.2. The van der Waals surface area contributed by atoms with E-state index in [-0.39, 0.29) is 11.3 Å².